The van der Waals surface area contributed by atoms with Crippen molar-refractivity contribution in [2.24, 2.45) is 0 Å². The Morgan fingerprint density at radius 1 is 1.15 bits per heavy atom. The van der Waals surface area contributed by atoms with E-state index in [9.17, 15) is 9.18 Å². The molecule has 1 heterocycles. The molecule has 2 aromatic carbocycles. The van der Waals surface area contributed by atoms with Crippen LogP contribution >= 0.6 is 0 Å². The summed E-state index contributed by atoms with van der Waals surface area (Å²) in [5.41, 5.74) is 9.86. The molecule has 1 aliphatic rings. The highest BCUT2D eigenvalue weighted by Crippen LogP contribution is 2.35. The van der Waals surface area contributed by atoms with Crippen molar-refractivity contribution in [3.63, 3.8) is 0 Å². The van der Waals surface area contributed by atoms with Gasteiger partial charge in [0.1, 0.15) is 5.82 Å². The van der Waals surface area contributed by atoms with E-state index in [2.05, 4.69) is 24.1 Å². The van der Waals surface area contributed by atoms with E-state index in [1.54, 1.807) is 0 Å². The summed E-state index contributed by atoms with van der Waals surface area (Å²) in [5.74, 6) is -0.669. The molecule has 1 amide bonds. The van der Waals surface area contributed by atoms with Crippen LogP contribution in [0.1, 0.15) is 49.0 Å². The minimum absolute atomic E-state index is 0.300. The van der Waals surface area contributed by atoms with Gasteiger partial charge in [0.2, 0.25) is 0 Å². The molecule has 3 rings (SSSR count). The summed E-state index contributed by atoms with van der Waals surface area (Å²) in [5, 5.41) is 2.87. The first-order valence-electron chi connectivity index (χ1n) is 9.12. The topological polar surface area (TPSA) is 58.4 Å². The van der Waals surface area contributed by atoms with Crippen LogP contribution < -0.4 is 16.0 Å². The second kappa shape index (κ2) is 7.36. The van der Waals surface area contributed by atoms with Crippen molar-refractivity contribution in [2.45, 2.75) is 52.1 Å². The summed E-state index contributed by atoms with van der Waals surface area (Å²) in [6, 6.07) is 10.2. The Labute approximate surface area is 154 Å². The summed E-state index contributed by atoms with van der Waals surface area (Å²) in [7, 11) is 0. The summed E-state index contributed by atoms with van der Waals surface area (Å²) < 4.78 is 13.1. The van der Waals surface area contributed by atoms with Crippen LogP contribution in [0.15, 0.2) is 36.4 Å². The summed E-state index contributed by atoms with van der Waals surface area (Å²) >= 11 is 0. The average Bonchev–Trinajstić information content (AvgIpc) is 2.59. The molecule has 0 unspecified atom stereocenters. The molecule has 0 radical (unpaired) electrons. The lowest BCUT2D eigenvalue weighted by Crippen LogP contribution is -2.44. The van der Waals surface area contributed by atoms with Crippen molar-refractivity contribution in [3.8, 4) is 0 Å². The van der Waals surface area contributed by atoms with Crippen LogP contribution in [0.3, 0.4) is 0 Å². The first-order valence-corrected chi connectivity index (χ1v) is 9.12. The minimum atomic E-state index is -0.369. The van der Waals surface area contributed by atoms with E-state index in [4.69, 9.17) is 5.73 Å². The Morgan fingerprint density at radius 2 is 1.77 bits per heavy atom. The molecule has 0 aromatic heterocycles. The Bertz CT molecular complexity index is 794. The number of hydrogen-bond donors (Lipinski definition) is 2. The van der Waals surface area contributed by atoms with Crippen molar-refractivity contribution < 1.29 is 9.18 Å². The van der Waals surface area contributed by atoms with Crippen molar-refractivity contribution in [2.75, 3.05) is 16.0 Å². The van der Waals surface area contributed by atoms with Crippen LogP contribution in [0.2, 0.25) is 0 Å². The number of nitrogens with zero attached hydrogens (tertiary/aromatic N) is 1. The molecule has 4 nitrogen and oxygen atoms in total. The molecule has 3 N–H and O–H groups in total. The van der Waals surface area contributed by atoms with Crippen molar-refractivity contribution >= 4 is 23.0 Å². The maximum absolute atomic E-state index is 13.1. The van der Waals surface area contributed by atoms with E-state index in [1.165, 1.54) is 30.7 Å². The van der Waals surface area contributed by atoms with E-state index >= 15 is 0 Å². The summed E-state index contributed by atoms with van der Waals surface area (Å²) in [6.45, 7) is 6.52. The number of aryl methyl sites for hydroxylation is 1. The molecule has 138 valence electrons. The molecule has 0 bridgehead atoms. The number of nitrogens with one attached hydrogen (secondary N) is 1. The molecule has 0 spiro atoms. The van der Waals surface area contributed by atoms with Gasteiger partial charge in [-0.2, -0.15) is 0 Å². The van der Waals surface area contributed by atoms with Crippen LogP contribution in [0.25, 0.3) is 0 Å². The number of hydrogen-bond acceptors (Lipinski definition) is 3. The van der Waals surface area contributed by atoms with E-state index in [1.807, 2.05) is 19.1 Å². The molecule has 5 heteroatoms. The molecule has 26 heavy (non-hydrogen) atoms. The number of nitrogen functional groups attached to an aromatic ring is 1. The van der Waals surface area contributed by atoms with E-state index < -0.39 is 0 Å². The largest absolute Gasteiger partial charge is 0.397 e. The van der Waals surface area contributed by atoms with E-state index in [-0.39, 0.29) is 11.7 Å². The molecule has 0 aliphatic carbocycles. The normalized spacial score (nSPS) is 20.1. The number of piperidine rings is 1. The van der Waals surface area contributed by atoms with Gasteiger partial charge in [0.05, 0.1) is 11.4 Å². The van der Waals surface area contributed by atoms with E-state index in [0.717, 1.165) is 24.1 Å². The van der Waals surface area contributed by atoms with Gasteiger partial charge in [0.15, 0.2) is 0 Å². The van der Waals surface area contributed by atoms with Gasteiger partial charge in [-0.05, 0) is 82.0 Å². The number of carbonyl (C=O) groups is 1. The van der Waals surface area contributed by atoms with Crippen molar-refractivity contribution in [3.05, 3.63) is 53.3 Å². The van der Waals surface area contributed by atoms with Gasteiger partial charge in [-0.3, -0.25) is 4.79 Å². The van der Waals surface area contributed by atoms with Crippen LogP contribution in [-0.2, 0) is 0 Å². The maximum atomic E-state index is 13.1. The quantitative estimate of drug-likeness (QED) is 0.782. The van der Waals surface area contributed by atoms with Gasteiger partial charge in [0, 0.05) is 23.3 Å². The standard InChI is InChI=1S/C21H26FN3O/c1-13-11-18(23)19(24-21(26)16-7-9-17(22)10-8-16)12-20(13)25-14(2)5-4-6-15(25)3/h7-12,14-15H,4-6,23H2,1-3H3,(H,24,26)/t14-,15-/m1/s1. The van der Waals surface area contributed by atoms with E-state index in [0.29, 0.717) is 29.0 Å². The Balaban J connectivity index is 1.90. The van der Waals surface area contributed by atoms with Gasteiger partial charge in [-0.1, -0.05) is 0 Å². The van der Waals surface area contributed by atoms with Crippen molar-refractivity contribution in [1.29, 1.82) is 0 Å². The number of nitrogens with two attached hydrogens (primary N) is 1. The number of amides is 1. The number of rotatable bonds is 3. The molecule has 1 aliphatic heterocycles. The average molecular weight is 355 g/mol. The second-order valence-electron chi connectivity index (χ2n) is 7.22. The smallest absolute Gasteiger partial charge is 0.255 e. The molecule has 1 fully saturated rings. The fourth-order valence-corrected chi connectivity index (χ4v) is 3.80. The molecule has 1 saturated heterocycles. The monoisotopic (exact) mass is 355 g/mol. The molecule has 2 aromatic rings. The highest BCUT2D eigenvalue weighted by molar-refractivity contribution is 6.06. The number of carbonyl (C=O) groups excluding carboxylic acids is 1. The van der Waals surface area contributed by atoms with Crippen LogP contribution in [0, 0.1) is 12.7 Å². The van der Waals surface area contributed by atoms with Gasteiger partial charge in [0.25, 0.3) is 5.91 Å². The Kier molecular flexibility index (Phi) is 5.16. The minimum Gasteiger partial charge on any atom is -0.397 e. The first kappa shape index (κ1) is 18.2. The zero-order valence-corrected chi connectivity index (χ0v) is 15.6. The molecule has 0 saturated carbocycles. The molecule has 2 atom stereocenters. The first-order chi connectivity index (χ1) is 12.4. The van der Waals surface area contributed by atoms with Gasteiger partial charge < -0.3 is 16.0 Å². The Morgan fingerprint density at radius 3 is 2.38 bits per heavy atom. The fraction of sp³-hybridized carbons (Fsp3) is 0.381. The SMILES string of the molecule is Cc1cc(N)c(NC(=O)c2ccc(F)cc2)cc1N1[C@H](C)CCC[C@H]1C. The van der Waals surface area contributed by atoms with Crippen LogP contribution in [-0.4, -0.2) is 18.0 Å². The van der Waals surface area contributed by atoms with Gasteiger partial charge in [-0.15, -0.1) is 0 Å². The lowest BCUT2D eigenvalue weighted by Gasteiger charge is -2.42. The second-order valence-corrected chi connectivity index (χ2v) is 7.22. The third kappa shape index (κ3) is 3.66. The lowest BCUT2D eigenvalue weighted by atomic mass is 9.95. The highest BCUT2D eigenvalue weighted by Gasteiger charge is 2.26. The maximum Gasteiger partial charge on any atom is 0.255 e. The van der Waals surface area contributed by atoms with Gasteiger partial charge >= 0.3 is 0 Å². The highest BCUT2D eigenvalue weighted by atomic mass is 19.1. The zero-order valence-electron chi connectivity index (χ0n) is 15.6. The predicted octanol–water partition coefficient (Wildman–Crippen LogP) is 4.74. The summed E-state index contributed by atoms with van der Waals surface area (Å²) in [6.07, 6.45) is 3.55. The lowest BCUT2D eigenvalue weighted by molar-refractivity contribution is 0.102. The van der Waals surface area contributed by atoms with Crippen LogP contribution in [0.5, 0.6) is 0 Å². The van der Waals surface area contributed by atoms with Crippen LogP contribution in [0.4, 0.5) is 21.5 Å². The zero-order chi connectivity index (χ0) is 18.8. The van der Waals surface area contributed by atoms with Crippen molar-refractivity contribution in [1.82, 2.24) is 0 Å². The summed E-state index contributed by atoms with van der Waals surface area (Å²) in [4.78, 5) is 14.9. The predicted molar refractivity (Wildman–Crippen MR) is 105 cm³/mol. The van der Waals surface area contributed by atoms with Gasteiger partial charge in [-0.25, -0.2) is 4.39 Å². The fourth-order valence-electron chi connectivity index (χ4n) is 3.80. The third-order valence-corrected chi connectivity index (χ3v) is 5.19. The molecular weight excluding hydrogens is 329 g/mol. The molecular formula is C21H26FN3O. The number of halogens is 1. The third-order valence-electron chi connectivity index (χ3n) is 5.19. The number of anilines is 3. The Hall–Kier alpha value is -2.56. The number of benzene rings is 2.